The zero-order valence-corrected chi connectivity index (χ0v) is 10.7. The predicted octanol–water partition coefficient (Wildman–Crippen LogP) is 2.21. The lowest BCUT2D eigenvalue weighted by Crippen LogP contribution is -2.52. The molecule has 0 aliphatic rings. The molecule has 17 heavy (non-hydrogen) atoms. The number of unbranched alkanes of at least 4 members (excludes halogenated alkanes) is 1. The number of carbonyl (C=O) groups excluding carboxylic acids is 1. The summed E-state index contributed by atoms with van der Waals surface area (Å²) in [6, 6.07) is 10.0. The summed E-state index contributed by atoms with van der Waals surface area (Å²) in [5, 5.41) is 3.27. The predicted molar refractivity (Wildman–Crippen MR) is 70.4 cm³/mol. The Morgan fingerprint density at radius 2 is 2.00 bits per heavy atom. The first-order chi connectivity index (χ1) is 8.08. The van der Waals surface area contributed by atoms with Crippen LogP contribution in [0.5, 0.6) is 0 Å². The van der Waals surface area contributed by atoms with Gasteiger partial charge in [0.2, 0.25) is 5.91 Å². The second kappa shape index (κ2) is 6.40. The fraction of sp³-hybridized carbons (Fsp3) is 0.500. The van der Waals surface area contributed by atoms with Gasteiger partial charge in [-0.1, -0.05) is 50.1 Å². The molecule has 0 fully saturated rings. The van der Waals surface area contributed by atoms with Crippen LogP contribution in [0.2, 0.25) is 0 Å². The largest absolute Gasteiger partial charge is 0.368 e. The Labute approximate surface area is 103 Å². The van der Waals surface area contributed by atoms with Crippen LogP contribution in [-0.4, -0.2) is 11.4 Å². The van der Waals surface area contributed by atoms with Crippen LogP contribution in [0.3, 0.4) is 0 Å². The van der Waals surface area contributed by atoms with E-state index >= 15 is 0 Å². The first kappa shape index (κ1) is 13.7. The highest BCUT2D eigenvalue weighted by Gasteiger charge is 2.29. The first-order valence-corrected chi connectivity index (χ1v) is 6.17. The fourth-order valence-electron chi connectivity index (χ4n) is 1.72. The van der Waals surface area contributed by atoms with Crippen LogP contribution >= 0.6 is 0 Å². The minimum atomic E-state index is -0.605. The molecule has 0 spiro atoms. The van der Waals surface area contributed by atoms with E-state index in [9.17, 15) is 4.79 Å². The van der Waals surface area contributed by atoms with Crippen molar-refractivity contribution in [2.45, 2.75) is 45.2 Å². The van der Waals surface area contributed by atoms with Gasteiger partial charge in [0.05, 0.1) is 5.54 Å². The smallest absolute Gasteiger partial charge is 0.237 e. The van der Waals surface area contributed by atoms with E-state index in [2.05, 4.69) is 12.2 Å². The third-order valence-electron chi connectivity index (χ3n) is 3.10. The van der Waals surface area contributed by atoms with Crippen LogP contribution < -0.4 is 11.1 Å². The van der Waals surface area contributed by atoms with Gasteiger partial charge in [-0.3, -0.25) is 10.1 Å². The number of benzene rings is 1. The maximum atomic E-state index is 11.5. The molecule has 1 aromatic carbocycles. The molecule has 0 aliphatic heterocycles. The van der Waals surface area contributed by atoms with Gasteiger partial charge in [0, 0.05) is 6.54 Å². The van der Waals surface area contributed by atoms with E-state index in [1.54, 1.807) is 0 Å². The SMILES string of the molecule is CCCCC(C)(NCc1ccccc1)C(N)=O. The zero-order valence-electron chi connectivity index (χ0n) is 10.7. The van der Waals surface area contributed by atoms with Crippen LogP contribution in [0.25, 0.3) is 0 Å². The Morgan fingerprint density at radius 1 is 1.35 bits per heavy atom. The minimum Gasteiger partial charge on any atom is -0.368 e. The highest BCUT2D eigenvalue weighted by Crippen LogP contribution is 2.14. The molecule has 0 radical (unpaired) electrons. The summed E-state index contributed by atoms with van der Waals surface area (Å²) in [7, 11) is 0. The average Bonchev–Trinajstić information content (AvgIpc) is 2.35. The van der Waals surface area contributed by atoms with Gasteiger partial charge in [-0.05, 0) is 18.9 Å². The lowest BCUT2D eigenvalue weighted by molar-refractivity contribution is -0.124. The molecule has 0 saturated heterocycles. The molecule has 1 unspecified atom stereocenters. The van der Waals surface area contributed by atoms with Crippen LogP contribution in [0.15, 0.2) is 30.3 Å². The van der Waals surface area contributed by atoms with E-state index in [-0.39, 0.29) is 5.91 Å². The lowest BCUT2D eigenvalue weighted by Gasteiger charge is -2.27. The maximum absolute atomic E-state index is 11.5. The summed E-state index contributed by atoms with van der Waals surface area (Å²) >= 11 is 0. The standard InChI is InChI=1S/C14H22N2O/c1-3-4-10-14(2,13(15)17)16-11-12-8-6-5-7-9-12/h5-9,16H,3-4,10-11H2,1-2H3,(H2,15,17). The number of rotatable bonds is 7. The van der Waals surface area contributed by atoms with E-state index in [0.717, 1.165) is 24.8 Å². The average molecular weight is 234 g/mol. The topological polar surface area (TPSA) is 55.1 Å². The molecular weight excluding hydrogens is 212 g/mol. The third-order valence-corrected chi connectivity index (χ3v) is 3.10. The molecule has 1 aromatic rings. The Bertz CT molecular complexity index is 350. The quantitative estimate of drug-likeness (QED) is 0.760. The number of nitrogens with one attached hydrogen (secondary N) is 1. The molecule has 3 N–H and O–H groups in total. The summed E-state index contributed by atoms with van der Waals surface area (Å²) in [6.45, 7) is 4.66. The summed E-state index contributed by atoms with van der Waals surface area (Å²) in [5.74, 6) is -0.276. The first-order valence-electron chi connectivity index (χ1n) is 6.17. The van der Waals surface area contributed by atoms with Gasteiger partial charge in [0.1, 0.15) is 0 Å². The lowest BCUT2D eigenvalue weighted by atomic mass is 9.93. The van der Waals surface area contributed by atoms with Gasteiger partial charge in [-0.25, -0.2) is 0 Å². The van der Waals surface area contributed by atoms with Crippen LogP contribution in [-0.2, 0) is 11.3 Å². The summed E-state index contributed by atoms with van der Waals surface area (Å²) < 4.78 is 0. The van der Waals surface area contributed by atoms with Gasteiger partial charge in [0.15, 0.2) is 0 Å². The van der Waals surface area contributed by atoms with Crippen molar-refractivity contribution in [3.63, 3.8) is 0 Å². The molecule has 1 rings (SSSR count). The van der Waals surface area contributed by atoms with Gasteiger partial charge in [0.25, 0.3) is 0 Å². The van der Waals surface area contributed by atoms with E-state index in [4.69, 9.17) is 5.73 Å². The number of carbonyl (C=O) groups is 1. The monoisotopic (exact) mass is 234 g/mol. The van der Waals surface area contributed by atoms with Crippen molar-refractivity contribution in [2.24, 2.45) is 5.73 Å². The Hall–Kier alpha value is -1.35. The Kier molecular flexibility index (Phi) is 5.16. The van der Waals surface area contributed by atoms with Crippen molar-refractivity contribution in [1.82, 2.24) is 5.32 Å². The van der Waals surface area contributed by atoms with Crippen molar-refractivity contribution in [3.05, 3.63) is 35.9 Å². The number of hydrogen-bond donors (Lipinski definition) is 2. The van der Waals surface area contributed by atoms with Gasteiger partial charge < -0.3 is 5.73 Å². The number of nitrogens with two attached hydrogens (primary N) is 1. The van der Waals surface area contributed by atoms with Crippen molar-refractivity contribution in [3.8, 4) is 0 Å². The maximum Gasteiger partial charge on any atom is 0.237 e. The highest BCUT2D eigenvalue weighted by atomic mass is 16.1. The second-order valence-electron chi connectivity index (χ2n) is 4.64. The van der Waals surface area contributed by atoms with E-state index in [1.165, 1.54) is 0 Å². The van der Waals surface area contributed by atoms with Gasteiger partial charge in [-0.15, -0.1) is 0 Å². The number of primary amides is 1. The van der Waals surface area contributed by atoms with E-state index in [1.807, 2.05) is 37.3 Å². The van der Waals surface area contributed by atoms with Crippen molar-refractivity contribution < 1.29 is 4.79 Å². The second-order valence-corrected chi connectivity index (χ2v) is 4.64. The normalized spacial score (nSPS) is 14.2. The van der Waals surface area contributed by atoms with Crippen LogP contribution in [0.1, 0.15) is 38.7 Å². The molecule has 0 aliphatic carbocycles. The van der Waals surface area contributed by atoms with E-state index < -0.39 is 5.54 Å². The molecule has 0 bridgehead atoms. The van der Waals surface area contributed by atoms with Crippen molar-refractivity contribution >= 4 is 5.91 Å². The van der Waals surface area contributed by atoms with E-state index in [0.29, 0.717) is 6.54 Å². The number of amides is 1. The van der Waals surface area contributed by atoms with Gasteiger partial charge >= 0.3 is 0 Å². The third kappa shape index (κ3) is 4.19. The highest BCUT2D eigenvalue weighted by molar-refractivity contribution is 5.84. The molecule has 0 saturated carbocycles. The van der Waals surface area contributed by atoms with Crippen molar-refractivity contribution in [2.75, 3.05) is 0 Å². The van der Waals surface area contributed by atoms with Crippen LogP contribution in [0.4, 0.5) is 0 Å². The Morgan fingerprint density at radius 3 is 2.53 bits per heavy atom. The van der Waals surface area contributed by atoms with Crippen LogP contribution in [0, 0.1) is 0 Å². The zero-order chi connectivity index (χ0) is 12.7. The molecule has 1 amide bonds. The fourth-order valence-corrected chi connectivity index (χ4v) is 1.72. The summed E-state index contributed by atoms with van der Waals surface area (Å²) in [4.78, 5) is 11.5. The van der Waals surface area contributed by atoms with Crippen molar-refractivity contribution in [1.29, 1.82) is 0 Å². The van der Waals surface area contributed by atoms with Gasteiger partial charge in [-0.2, -0.15) is 0 Å². The molecule has 94 valence electrons. The number of hydrogen-bond acceptors (Lipinski definition) is 2. The summed E-state index contributed by atoms with van der Waals surface area (Å²) in [6.07, 6.45) is 2.85. The summed E-state index contributed by atoms with van der Waals surface area (Å²) in [5.41, 5.74) is 6.03. The molecule has 0 heterocycles. The Balaban J connectivity index is 2.58. The molecular formula is C14H22N2O. The molecule has 3 heteroatoms. The molecule has 1 atom stereocenters. The molecule has 3 nitrogen and oxygen atoms in total. The minimum absolute atomic E-state index is 0.276. The molecule has 0 aromatic heterocycles.